The molecule has 0 aliphatic carbocycles. The molecule has 123 valence electrons. The lowest BCUT2D eigenvalue weighted by Gasteiger charge is -2.18. The zero-order valence-corrected chi connectivity index (χ0v) is 13.4. The molecular weight excluding hydrogens is 291 g/mol. The van der Waals surface area contributed by atoms with Gasteiger partial charge in [-0.1, -0.05) is 6.92 Å². The molecule has 0 spiro atoms. The maximum absolute atomic E-state index is 11.8. The molecule has 2 unspecified atom stereocenters. The molecule has 0 aliphatic rings. The minimum Gasteiger partial charge on any atom is -0.469 e. The van der Waals surface area contributed by atoms with Gasteiger partial charge in [0, 0.05) is 24.5 Å². The van der Waals surface area contributed by atoms with Crippen molar-refractivity contribution >= 4 is 31.0 Å². The first kappa shape index (κ1) is 20.1. The second kappa shape index (κ2) is 10.8. The Labute approximate surface area is 130 Å². The SMILES string of the molecule is CCCC(=O)CC([B]C(CC(=O)OC)C(=O)OC)C(=O)OC. The van der Waals surface area contributed by atoms with Crippen LogP contribution in [0.2, 0.25) is 11.6 Å². The largest absolute Gasteiger partial charge is 0.469 e. The van der Waals surface area contributed by atoms with E-state index in [-0.39, 0.29) is 18.6 Å². The first-order valence-electron chi connectivity index (χ1n) is 6.98. The molecule has 0 saturated carbocycles. The quantitative estimate of drug-likeness (QED) is 0.336. The molecule has 0 amide bonds. The van der Waals surface area contributed by atoms with Crippen LogP contribution in [0.1, 0.15) is 32.6 Å². The molecular formula is C14H22BO7. The van der Waals surface area contributed by atoms with Gasteiger partial charge in [0.25, 0.3) is 0 Å². The maximum Gasteiger partial charge on any atom is 0.305 e. The molecule has 0 bridgehead atoms. The number of ether oxygens (including phenoxy) is 3. The number of hydrogen-bond acceptors (Lipinski definition) is 7. The smallest absolute Gasteiger partial charge is 0.305 e. The van der Waals surface area contributed by atoms with Gasteiger partial charge in [0.2, 0.25) is 0 Å². The van der Waals surface area contributed by atoms with Crippen molar-refractivity contribution in [3.63, 3.8) is 0 Å². The van der Waals surface area contributed by atoms with Crippen LogP contribution in [-0.2, 0) is 33.4 Å². The van der Waals surface area contributed by atoms with E-state index in [1.54, 1.807) is 0 Å². The van der Waals surface area contributed by atoms with Gasteiger partial charge in [-0.15, -0.1) is 0 Å². The Kier molecular flexibility index (Phi) is 9.90. The van der Waals surface area contributed by atoms with Gasteiger partial charge in [-0.2, -0.15) is 0 Å². The summed E-state index contributed by atoms with van der Waals surface area (Å²) >= 11 is 0. The molecule has 8 heteroatoms. The van der Waals surface area contributed by atoms with Crippen molar-refractivity contribution in [2.24, 2.45) is 0 Å². The van der Waals surface area contributed by atoms with Crippen molar-refractivity contribution in [3.8, 4) is 0 Å². The number of rotatable bonds is 10. The second-order valence-corrected chi connectivity index (χ2v) is 4.72. The summed E-state index contributed by atoms with van der Waals surface area (Å²) in [6, 6.07) is 0. The number of ketones is 1. The van der Waals surface area contributed by atoms with E-state index in [0.717, 1.165) is 0 Å². The summed E-state index contributed by atoms with van der Waals surface area (Å²) in [5.41, 5.74) is 0. The minimum atomic E-state index is -0.976. The van der Waals surface area contributed by atoms with Crippen molar-refractivity contribution in [2.45, 2.75) is 44.2 Å². The predicted octanol–water partition coefficient (Wildman–Crippen LogP) is 0.936. The number of carbonyl (C=O) groups excluding carboxylic acids is 4. The van der Waals surface area contributed by atoms with Crippen molar-refractivity contribution in [3.05, 3.63) is 0 Å². The van der Waals surface area contributed by atoms with E-state index in [2.05, 4.69) is 14.2 Å². The predicted molar refractivity (Wildman–Crippen MR) is 78.5 cm³/mol. The van der Waals surface area contributed by atoms with Gasteiger partial charge in [-0.25, -0.2) is 0 Å². The fraction of sp³-hybridized carbons (Fsp3) is 0.714. The summed E-state index contributed by atoms with van der Waals surface area (Å²) in [6.45, 7) is 1.85. The summed E-state index contributed by atoms with van der Waals surface area (Å²) in [7, 11) is 4.89. The molecule has 0 saturated heterocycles. The lowest BCUT2D eigenvalue weighted by Crippen LogP contribution is -2.29. The van der Waals surface area contributed by atoms with Crippen LogP contribution in [0.4, 0.5) is 0 Å². The summed E-state index contributed by atoms with van der Waals surface area (Å²) in [6.07, 6.45) is 0.657. The van der Waals surface area contributed by atoms with Crippen LogP contribution in [0.5, 0.6) is 0 Å². The molecule has 0 aliphatic heterocycles. The highest BCUT2D eigenvalue weighted by molar-refractivity contribution is 6.51. The summed E-state index contributed by atoms with van der Waals surface area (Å²) in [4.78, 5) is 46.6. The van der Waals surface area contributed by atoms with Crippen molar-refractivity contribution < 1.29 is 33.4 Å². The monoisotopic (exact) mass is 313 g/mol. The molecule has 7 nitrogen and oxygen atoms in total. The van der Waals surface area contributed by atoms with Crippen molar-refractivity contribution in [1.82, 2.24) is 0 Å². The van der Waals surface area contributed by atoms with Gasteiger partial charge in [0.1, 0.15) is 13.1 Å². The number of Topliss-reactive ketones (excluding diaryl/α,β-unsaturated/α-hetero) is 1. The third-order valence-corrected chi connectivity index (χ3v) is 3.06. The summed E-state index contributed by atoms with van der Waals surface area (Å²) < 4.78 is 13.8. The van der Waals surface area contributed by atoms with Crippen LogP contribution in [0.25, 0.3) is 0 Å². The Morgan fingerprint density at radius 3 is 1.77 bits per heavy atom. The molecule has 0 N–H and O–H groups in total. The molecule has 22 heavy (non-hydrogen) atoms. The van der Waals surface area contributed by atoms with Gasteiger partial charge >= 0.3 is 17.9 Å². The van der Waals surface area contributed by atoms with Crippen LogP contribution in [0.15, 0.2) is 0 Å². The molecule has 0 heterocycles. The van der Waals surface area contributed by atoms with Gasteiger partial charge in [-0.3, -0.25) is 19.2 Å². The first-order valence-corrected chi connectivity index (χ1v) is 6.98. The Hall–Kier alpha value is -1.86. The van der Waals surface area contributed by atoms with Gasteiger partial charge in [-0.05, 0) is 6.42 Å². The second-order valence-electron chi connectivity index (χ2n) is 4.72. The lowest BCUT2D eigenvalue weighted by atomic mass is 9.52. The molecule has 0 aromatic heterocycles. The number of hydrogen-bond donors (Lipinski definition) is 0. The van der Waals surface area contributed by atoms with Gasteiger partial charge < -0.3 is 14.2 Å². The highest BCUT2D eigenvalue weighted by atomic mass is 16.5. The van der Waals surface area contributed by atoms with E-state index in [1.165, 1.54) is 28.6 Å². The minimum absolute atomic E-state index is 0.0742. The number of esters is 3. The molecule has 0 aromatic carbocycles. The van der Waals surface area contributed by atoms with Gasteiger partial charge in [0.05, 0.1) is 27.8 Å². The topological polar surface area (TPSA) is 96.0 Å². The lowest BCUT2D eigenvalue weighted by molar-refractivity contribution is -0.147. The summed E-state index contributed by atoms with van der Waals surface area (Å²) in [5, 5.41) is 0. The Morgan fingerprint density at radius 1 is 0.864 bits per heavy atom. The number of methoxy groups -OCH3 is 3. The van der Waals surface area contributed by atoms with E-state index in [0.29, 0.717) is 12.8 Å². The van der Waals surface area contributed by atoms with Crippen molar-refractivity contribution in [2.75, 3.05) is 21.3 Å². The summed E-state index contributed by atoms with van der Waals surface area (Å²) in [5.74, 6) is -3.93. The highest BCUT2D eigenvalue weighted by Crippen LogP contribution is 2.24. The average molecular weight is 313 g/mol. The molecule has 0 aromatic rings. The Bertz CT molecular complexity index is 408. The molecule has 0 rings (SSSR count). The van der Waals surface area contributed by atoms with Gasteiger partial charge in [0.15, 0.2) is 0 Å². The van der Waals surface area contributed by atoms with Crippen LogP contribution >= 0.6 is 0 Å². The maximum atomic E-state index is 11.8. The first-order chi connectivity index (χ1) is 10.4. The zero-order chi connectivity index (χ0) is 17.1. The number of carbonyl (C=O) groups is 4. The zero-order valence-electron chi connectivity index (χ0n) is 13.4. The third-order valence-electron chi connectivity index (χ3n) is 3.06. The Morgan fingerprint density at radius 2 is 1.36 bits per heavy atom. The third kappa shape index (κ3) is 7.24. The molecule has 0 fully saturated rings. The molecule has 2 atom stereocenters. The fourth-order valence-corrected chi connectivity index (χ4v) is 1.93. The fourth-order valence-electron chi connectivity index (χ4n) is 1.93. The highest BCUT2D eigenvalue weighted by Gasteiger charge is 2.33. The Balaban J connectivity index is 5.01. The van der Waals surface area contributed by atoms with E-state index < -0.39 is 29.5 Å². The van der Waals surface area contributed by atoms with Crippen LogP contribution in [0, 0.1) is 0 Å². The van der Waals surface area contributed by atoms with E-state index >= 15 is 0 Å². The normalized spacial score (nSPS) is 12.7. The van der Waals surface area contributed by atoms with Crippen LogP contribution in [0.3, 0.4) is 0 Å². The van der Waals surface area contributed by atoms with E-state index in [4.69, 9.17) is 0 Å². The standard InChI is InChI=1S/C14H22BO7/c1-5-6-9(16)7-10(13(18)21-3)15-11(14(19)22-4)8-12(17)20-2/h10-11H,5-8H2,1-4H3. The van der Waals surface area contributed by atoms with Crippen LogP contribution < -0.4 is 0 Å². The van der Waals surface area contributed by atoms with E-state index in [1.807, 2.05) is 6.92 Å². The van der Waals surface area contributed by atoms with Crippen molar-refractivity contribution in [1.29, 1.82) is 0 Å². The average Bonchev–Trinajstić information content (AvgIpc) is 2.51. The molecule has 1 radical (unpaired) electrons. The van der Waals surface area contributed by atoms with Crippen LogP contribution in [-0.4, -0.2) is 52.3 Å². The van der Waals surface area contributed by atoms with E-state index in [9.17, 15) is 19.2 Å².